The van der Waals surface area contributed by atoms with Crippen molar-refractivity contribution in [3.05, 3.63) is 95.5 Å². The van der Waals surface area contributed by atoms with E-state index in [2.05, 4.69) is 107 Å². The van der Waals surface area contributed by atoms with E-state index in [1.165, 1.54) is 27.3 Å². The van der Waals surface area contributed by atoms with E-state index in [1.54, 1.807) is 0 Å². The van der Waals surface area contributed by atoms with E-state index in [-0.39, 0.29) is 0 Å². The van der Waals surface area contributed by atoms with Crippen LogP contribution in [0.4, 0.5) is 0 Å². The van der Waals surface area contributed by atoms with Crippen molar-refractivity contribution < 1.29 is 4.42 Å². The van der Waals surface area contributed by atoms with Gasteiger partial charge >= 0.3 is 0 Å². The molecule has 0 bridgehead atoms. The van der Waals surface area contributed by atoms with Crippen LogP contribution in [0, 0.1) is 0 Å². The molecule has 0 spiro atoms. The van der Waals surface area contributed by atoms with Gasteiger partial charge in [-0.15, -0.1) is 0 Å². The molecule has 0 aliphatic carbocycles. The zero-order valence-electron chi connectivity index (χ0n) is 14.9. The van der Waals surface area contributed by atoms with Crippen molar-refractivity contribution in [2.24, 2.45) is 0 Å². The maximum atomic E-state index is 6.38. The van der Waals surface area contributed by atoms with Gasteiger partial charge in [0.2, 0.25) is 0 Å². The lowest BCUT2D eigenvalue weighted by Crippen LogP contribution is -1.83. The molecule has 1 heterocycles. The van der Waals surface area contributed by atoms with Crippen molar-refractivity contribution in [1.82, 2.24) is 0 Å². The number of hydrogen-bond acceptors (Lipinski definition) is 1. The number of rotatable bonds is 1. The highest BCUT2D eigenvalue weighted by atomic mass is 79.9. The van der Waals surface area contributed by atoms with Gasteiger partial charge in [0, 0.05) is 20.6 Å². The molecule has 5 aromatic carbocycles. The lowest BCUT2D eigenvalue weighted by atomic mass is 9.95. The summed E-state index contributed by atoms with van der Waals surface area (Å²) in [5, 5.41) is 7.12. The number of fused-ring (bicyclic) bond motifs is 6. The van der Waals surface area contributed by atoms with Gasteiger partial charge < -0.3 is 4.42 Å². The fourth-order valence-corrected chi connectivity index (χ4v) is 4.42. The van der Waals surface area contributed by atoms with Crippen molar-refractivity contribution in [3.63, 3.8) is 0 Å². The van der Waals surface area contributed by atoms with Crippen LogP contribution in [0.5, 0.6) is 0 Å². The summed E-state index contributed by atoms with van der Waals surface area (Å²) >= 11 is 3.54. The summed E-state index contributed by atoms with van der Waals surface area (Å²) in [6.07, 6.45) is 0. The standard InChI is InChI=1S/C26H15BrO/c27-19-11-9-16(10-12-19)22-15-24-23-13-17-5-1-2-6-18(17)14-25(23)28-26(24)21-8-4-3-7-20(21)22/h1-15H. The first-order valence-corrected chi connectivity index (χ1v) is 10.1. The van der Waals surface area contributed by atoms with Gasteiger partial charge in [0.1, 0.15) is 11.2 Å². The lowest BCUT2D eigenvalue weighted by Gasteiger charge is -2.08. The van der Waals surface area contributed by atoms with Crippen LogP contribution < -0.4 is 0 Å². The van der Waals surface area contributed by atoms with Crippen molar-refractivity contribution in [2.75, 3.05) is 0 Å². The molecule has 0 radical (unpaired) electrons. The minimum atomic E-state index is 0.937. The lowest BCUT2D eigenvalue weighted by molar-refractivity contribution is 0.673. The van der Waals surface area contributed by atoms with Gasteiger partial charge in [0.25, 0.3) is 0 Å². The van der Waals surface area contributed by atoms with Crippen LogP contribution in [0.3, 0.4) is 0 Å². The molecule has 0 amide bonds. The van der Waals surface area contributed by atoms with E-state index in [9.17, 15) is 0 Å². The average Bonchev–Trinajstić information content (AvgIpc) is 3.10. The SMILES string of the molecule is Brc1ccc(-c2cc3c4cc5ccccc5cc4oc3c3ccccc23)cc1. The fourth-order valence-electron chi connectivity index (χ4n) is 4.15. The quantitative estimate of drug-likeness (QED) is 0.259. The third-order valence-electron chi connectivity index (χ3n) is 5.50. The molecule has 6 aromatic rings. The van der Waals surface area contributed by atoms with E-state index >= 15 is 0 Å². The van der Waals surface area contributed by atoms with Crippen molar-refractivity contribution >= 4 is 59.4 Å². The Kier molecular flexibility index (Phi) is 3.38. The van der Waals surface area contributed by atoms with Crippen LogP contribution >= 0.6 is 15.9 Å². The molecule has 0 atom stereocenters. The van der Waals surface area contributed by atoms with Gasteiger partial charge in [-0.25, -0.2) is 0 Å². The third-order valence-corrected chi connectivity index (χ3v) is 6.03. The Balaban J connectivity index is 1.79. The van der Waals surface area contributed by atoms with Crippen LogP contribution in [0.15, 0.2) is 99.9 Å². The van der Waals surface area contributed by atoms with Crippen LogP contribution in [0.2, 0.25) is 0 Å². The summed E-state index contributed by atoms with van der Waals surface area (Å²) in [7, 11) is 0. The van der Waals surface area contributed by atoms with Crippen molar-refractivity contribution in [2.45, 2.75) is 0 Å². The van der Waals surface area contributed by atoms with Crippen LogP contribution in [0.25, 0.3) is 54.6 Å². The molecule has 0 saturated carbocycles. The predicted octanol–water partition coefficient (Wildman–Crippen LogP) is 8.32. The molecule has 0 unspecified atom stereocenters. The van der Waals surface area contributed by atoms with Gasteiger partial charge in [0.05, 0.1) is 0 Å². The Morgan fingerprint density at radius 3 is 2.04 bits per heavy atom. The fraction of sp³-hybridized carbons (Fsp3) is 0. The van der Waals surface area contributed by atoms with Crippen LogP contribution in [-0.4, -0.2) is 0 Å². The zero-order valence-corrected chi connectivity index (χ0v) is 16.5. The Hall–Kier alpha value is -3.10. The van der Waals surface area contributed by atoms with Gasteiger partial charge in [-0.1, -0.05) is 76.6 Å². The molecule has 1 aromatic heterocycles. The summed E-state index contributed by atoms with van der Waals surface area (Å²) < 4.78 is 7.46. The van der Waals surface area contributed by atoms with E-state index in [1.807, 2.05) is 0 Å². The Morgan fingerprint density at radius 1 is 0.571 bits per heavy atom. The smallest absolute Gasteiger partial charge is 0.143 e. The predicted molar refractivity (Wildman–Crippen MR) is 122 cm³/mol. The second-order valence-corrected chi connectivity index (χ2v) is 8.07. The average molecular weight is 423 g/mol. The highest BCUT2D eigenvalue weighted by molar-refractivity contribution is 9.10. The highest BCUT2D eigenvalue weighted by Crippen LogP contribution is 2.40. The Bertz CT molecular complexity index is 1510. The molecule has 0 aliphatic rings. The maximum Gasteiger partial charge on any atom is 0.143 e. The van der Waals surface area contributed by atoms with Gasteiger partial charge in [-0.05, 0) is 57.6 Å². The first kappa shape index (κ1) is 15.9. The Morgan fingerprint density at radius 2 is 1.25 bits per heavy atom. The highest BCUT2D eigenvalue weighted by Gasteiger charge is 2.15. The molecule has 0 aliphatic heterocycles. The van der Waals surface area contributed by atoms with E-state index in [0.29, 0.717) is 0 Å². The molecule has 0 fully saturated rings. The summed E-state index contributed by atoms with van der Waals surface area (Å²) in [4.78, 5) is 0. The number of halogens is 1. The van der Waals surface area contributed by atoms with Crippen LogP contribution in [-0.2, 0) is 0 Å². The first-order valence-electron chi connectivity index (χ1n) is 9.31. The molecule has 2 heteroatoms. The molecule has 132 valence electrons. The number of benzene rings is 5. The molecule has 0 N–H and O–H groups in total. The number of hydrogen-bond donors (Lipinski definition) is 0. The summed E-state index contributed by atoms with van der Waals surface area (Å²) in [6.45, 7) is 0. The molecule has 6 rings (SSSR count). The largest absolute Gasteiger partial charge is 0.455 e. The molecular formula is C26H15BrO. The van der Waals surface area contributed by atoms with E-state index < -0.39 is 0 Å². The van der Waals surface area contributed by atoms with Gasteiger partial charge in [-0.3, -0.25) is 0 Å². The number of furan rings is 1. The summed E-state index contributed by atoms with van der Waals surface area (Å²) in [5.41, 5.74) is 4.33. The topological polar surface area (TPSA) is 13.1 Å². The minimum Gasteiger partial charge on any atom is -0.455 e. The summed E-state index contributed by atoms with van der Waals surface area (Å²) in [5.74, 6) is 0. The van der Waals surface area contributed by atoms with Gasteiger partial charge in [0.15, 0.2) is 0 Å². The maximum absolute atomic E-state index is 6.38. The first-order chi connectivity index (χ1) is 13.8. The Labute approximate surface area is 170 Å². The van der Waals surface area contributed by atoms with Gasteiger partial charge in [-0.2, -0.15) is 0 Å². The normalized spacial score (nSPS) is 11.8. The van der Waals surface area contributed by atoms with Crippen LogP contribution in [0.1, 0.15) is 0 Å². The summed E-state index contributed by atoms with van der Waals surface area (Å²) in [6, 6.07) is 32.1. The van der Waals surface area contributed by atoms with E-state index in [4.69, 9.17) is 4.42 Å². The zero-order chi connectivity index (χ0) is 18.7. The minimum absolute atomic E-state index is 0.937. The monoisotopic (exact) mass is 422 g/mol. The second kappa shape index (κ2) is 5.95. The molecule has 1 nitrogen and oxygen atoms in total. The molecule has 28 heavy (non-hydrogen) atoms. The van der Waals surface area contributed by atoms with Crippen molar-refractivity contribution in [3.8, 4) is 11.1 Å². The second-order valence-electron chi connectivity index (χ2n) is 7.15. The molecular weight excluding hydrogens is 408 g/mol. The van der Waals surface area contributed by atoms with E-state index in [0.717, 1.165) is 31.8 Å². The third kappa shape index (κ3) is 2.31. The molecule has 0 saturated heterocycles. The van der Waals surface area contributed by atoms with Crippen molar-refractivity contribution in [1.29, 1.82) is 0 Å².